The molecule has 0 aliphatic rings. The van der Waals surface area contributed by atoms with Crippen LogP contribution >= 0.6 is 0 Å². The predicted molar refractivity (Wildman–Crippen MR) is 51.0 cm³/mol. The van der Waals surface area contributed by atoms with Gasteiger partial charge in [0.05, 0.1) is 14.1 Å². The third-order valence-corrected chi connectivity index (χ3v) is 1.39. The van der Waals surface area contributed by atoms with Crippen molar-refractivity contribution in [1.29, 1.82) is 0 Å². The quantitative estimate of drug-likeness (QED) is 0.404. The molecular weight excluding hydrogens is 168 g/mol. The van der Waals surface area contributed by atoms with Crippen LogP contribution in [0.2, 0.25) is 0 Å². The fourth-order valence-electron chi connectivity index (χ4n) is 0.519. The Morgan fingerprint density at radius 3 is 2.08 bits per heavy atom. The molecule has 4 heteroatoms. The zero-order chi connectivity index (χ0) is 10.7. The van der Waals surface area contributed by atoms with Crippen LogP contribution in [0.1, 0.15) is 32.6 Å². The van der Waals surface area contributed by atoms with Gasteiger partial charge >= 0.3 is 0 Å². The number of hydrogen-bond acceptors (Lipinski definition) is 3. The monoisotopic (exact) mass is 190 g/mol. The molecule has 0 spiro atoms. The van der Waals surface area contributed by atoms with E-state index in [1.807, 2.05) is 21.0 Å². The molecule has 0 saturated heterocycles. The minimum atomic E-state index is -0.932. The van der Waals surface area contributed by atoms with E-state index in [1.165, 1.54) is 4.90 Å². The van der Waals surface area contributed by atoms with E-state index in [0.717, 1.165) is 25.9 Å². The average molecular weight is 190 g/mol. The van der Waals surface area contributed by atoms with Crippen LogP contribution in [-0.2, 0) is 4.79 Å². The van der Waals surface area contributed by atoms with Crippen molar-refractivity contribution in [1.82, 2.24) is 0 Å². The van der Waals surface area contributed by atoms with Crippen LogP contribution in [0.5, 0.6) is 0 Å². The molecule has 0 aliphatic heterocycles. The summed E-state index contributed by atoms with van der Waals surface area (Å²) in [5.74, 6) is -0.932. The number of nitrogens with two attached hydrogens (primary N) is 1. The van der Waals surface area contributed by atoms with Crippen LogP contribution in [0, 0.1) is 0 Å². The highest BCUT2D eigenvalue weighted by molar-refractivity contribution is 5.63. The maximum absolute atomic E-state index is 9.76. The van der Waals surface area contributed by atoms with Gasteiger partial charge in [0.2, 0.25) is 0 Å². The first kappa shape index (κ1) is 14.9. The topological polar surface area (TPSA) is 70.6 Å². The molecule has 0 aromatic carbocycles. The molecule has 13 heavy (non-hydrogen) atoms. The minimum absolute atomic E-state index is 0.216. The van der Waals surface area contributed by atoms with Crippen molar-refractivity contribution in [2.24, 2.45) is 5.73 Å². The highest BCUT2D eigenvalue weighted by atomic mass is 16.4. The molecule has 0 unspecified atom stereocenters. The highest BCUT2D eigenvalue weighted by Gasteiger charge is 1.84. The number of quaternary nitrogens is 1. The fourth-order valence-corrected chi connectivity index (χ4v) is 0.519. The summed E-state index contributed by atoms with van der Waals surface area (Å²) in [6.07, 6.45) is 3.04. The Bertz CT molecular complexity index is 116. The number of carboxylic acids is 1. The van der Waals surface area contributed by atoms with Gasteiger partial charge in [-0.1, -0.05) is 19.8 Å². The van der Waals surface area contributed by atoms with Gasteiger partial charge in [-0.15, -0.1) is 0 Å². The van der Waals surface area contributed by atoms with Gasteiger partial charge in [0, 0.05) is 5.97 Å². The van der Waals surface area contributed by atoms with Crippen LogP contribution in [0.15, 0.2) is 0 Å². The predicted octanol–water partition coefficient (Wildman–Crippen LogP) is -1.64. The number of rotatable bonds is 5. The van der Waals surface area contributed by atoms with E-state index in [9.17, 15) is 9.90 Å². The standard InChI is InChI=1S/C6H12O2.C3H10N2/c1-2-3-4-5-6(7)8;1-5(2)3-4/h2-5H2,1H3,(H,7,8);3-4H2,1-2H3. The van der Waals surface area contributed by atoms with E-state index in [2.05, 4.69) is 0 Å². The molecule has 4 nitrogen and oxygen atoms in total. The Hall–Kier alpha value is -0.610. The first-order valence-corrected chi connectivity index (χ1v) is 4.73. The van der Waals surface area contributed by atoms with Gasteiger partial charge in [-0.2, -0.15) is 0 Å². The smallest absolute Gasteiger partial charge is 0.128 e. The van der Waals surface area contributed by atoms with Crippen molar-refractivity contribution in [2.75, 3.05) is 20.8 Å². The van der Waals surface area contributed by atoms with Gasteiger partial charge in [0.1, 0.15) is 6.67 Å². The van der Waals surface area contributed by atoms with Crippen LogP contribution in [0.3, 0.4) is 0 Å². The summed E-state index contributed by atoms with van der Waals surface area (Å²) in [4.78, 5) is 11.0. The molecule has 0 saturated carbocycles. The van der Waals surface area contributed by atoms with Gasteiger partial charge < -0.3 is 14.8 Å². The molecule has 0 atom stereocenters. The third-order valence-electron chi connectivity index (χ3n) is 1.39. The van der Waals surface area contributed by atoms with Gasteiger partial charge in [-0.25, -0.2) is 0 Å². The molecule has 0 aromatic rings. The molecule has 0 bridgehead atoms. The molecule has 0 radical (unpaired) electrons. The van der Waals surface area contributed by atoms with E-state index in [4.69, 9.17) is 5.73 Å². The second-order valence-electron chi connectivity index (χ2n) is 3.24. The van der Waals surface area contributed by atoms with E-state index < -0.39 is 5.97 Å². The maximum Gasteiger partial charge on any atom is 0.128 e. The second-order valence-corrected chi connectivity index (χ2v) is 3.24. The van der Waals surface area contributed by atoms with Crippen molar-refractivity contribution in [3.63, 3.8) is 0 Å². The van der Waals surface area contributed by atoms with Gasteiger partial charge in [-0.3, -0.25) is 5.73 Å². The summed E-state index contributed by atoms with van der Waals surface area (Å²) in [5.41, 5.74) is 5.13. The lowest BCUT2D eigenvalue weighted by atomic mass is 10.2. The van der Waals surface area contributed by atoms with Gasteiger partial charge in [0.15, 0.2) is 0 Å². The number of carbonyl (C=O) groups excluding carboxylic acids is 1. The van der Waals surface area contributed by atoms with E-state index in [-0.39, 0.29) is 6.42 Å². The normalized spacial score (nSPS) is 9.31. The van der Waals surface area contributed by atoms with Crippen molar-refractivity contribution in [3.8, 4) is 0 Å². The van der Waals surface area contributed by atoms with E-state index in [1.54, 1.807) is 0 Å². The maximum atomic E-state index is 9.76. The summed E-state index contributed by atoms with van der Waals surface area (Å²) in [7, 11) is 4.03. The third kappa shape index (κ3) is 24.6. The zero-order valence-electron chi connectivity index (χ0n) is 8.93. The largest absolute Gasteiger partial charge is 0.550 e. The molecule has 0 amide bonds. The number of unbranched alkanes of at least 4 members (excludes halogenated alkanes) is 2. The lowest BCUT2D eigenvalue weighted by Gasteiger charge is -1.97. The Kier molecular flexibility index (Phi) is 13.0. The van der Waals surface area contributed by atoms with Crippen molar-refractivity contribution >= 4 is 5.97 Å². The lowest BCUT2D eigenvalue weighted by molar-refractivity contribution is -0.857. The number of carbonyl (C=O) groups is 1. The number of aliphatic carboxylic acids is 1. The van der Waals surface area contributed by atoms with Crippen molar-refractivity contribution < 1.29 is 14.8 Å². The molecule has 0 aromatic heterocycles. The first-order chi connectivity index (χ1) is 6.04. The number of hydrogen-bond donors (Lipinski definition) is 2. The summed E-state index contributed by atoms with van der Waals surface area (Å²) >= 11 is 0. The number of carboxylic acid groups (broad SMARTS) is 1. The van der Waals surface area contributed by atoms with Gasteiger partial charge in [-0.05, 0) is 12.8 Å². The molecule has 0 aliphatic carbocycles. The molecule has 0 fully saturated rings. The summed E-state index contributed by atoms with van der Waals surface area (Å²) < 4.78 is 0. The lowest BCUT2D eigenvalue weighted by Crippen LogP contribution is -3.07. The first-order valence-electron chi connectivity index (χ1n) is 4.73. The molecular formula is C9H22N2O2. The summed E-state index contributed by atoms with van der Waals surface area (Å²) in [6.45, 7) is 2.76. The van der Waals surface area contributed by atoms with Crippen molar-refractivity contribution in [2.45, 2.75) is 32.6 Å². The SMILES string of the molecule is CCCCCC(=O)[O-].C[NH+](C)CN. The summed E-state index contributed by atoms with van der Waals surface area (Å²) in [5, 5.41) is 9.76. The Balaban J connectivity index is 0. The number of nitrogens with one attached hydrogen (secondary N) is 1. The molecule has 80 valence electrons. The van der Waals surface area contributed by atoms with Crippen LogP contribution in [-0.4, -0.2) is 26.7 Å². The Morgan fingerprint density at radius 2 is 1.85 bits per heavy atom. The van der Waals surface area contributed by atoms with Gasteiger partial charge in [0.25, 0.3) is 0 Å². The Morgan fingerprint density at radius 1 is 1.38 bits per heavy atom. The van der Waals surface area contributed by atoms with Crippen LogP contribution in [0.4, 0.5) is 0 Å². The minimum Gasteiger partial charge on any atom is -0.550 e. The van der Waals surface area contributed by atoms with Crippen LogP contribution < -0.4 is 15.7 Å². The molecule has 0 heterocycles. The fraction of sp³-hybridized carbons (Fsp3) is 0.889. The second kappa shape index (κ2) is 11.4. The molecule has 0 rings (SSSR count). The highest BCUT2D eigenvalue weighted by Crippen LogP contribution is 1.96. The van der Waals surface area contributed by atoms with Crippen LogP contribution in [0.25, 0.3) is 0 Å². The van der Waals surface area contributed by atoms with E-state index >= 15 is 0 Å². The molecule has 3 N–H and O–H groups in total. The summed E-state index contributed by atoms with van der Waals surface area (Å²) in [6, 6.07) is 0. The zero-order valence-corrected chi connectivity index (χ0v) is 8.93. The average Bonchev–Trinajstić information content (AvgIpc) is 2.05. The van der Waals surface area contributed by atoms with Crippen molar-refractivity contribution in [3.05, 3.63) is 0 Å². The van der Waals surface area contributed by atoms with E-state index in [0.29, 0.717) is 0 Å². The Labute approximate surface area is 80.7 Å².